The Bertz CT molecular complexity index is 736. The van der Waals surface area contributed by atoms with E-state index in [1.165, 1.54) is 19.3 Å². The van der Waals surface area contributed by atoms with Crippen LogP contribution in [0.3, 0.4) is 0 Å². The van der Waals surface area contributed by atoms with E-state index < -0.39 is 0 Å². The van der Waals surface area contributed by atoms with Gasteiger partial charge in [-0.15, -0.1) is 0 Å². The highest BCUT2D eigenvalue weighted by atomic mass is 16.5. The molecular formula is C24H31NO4. The molecule has 5 heteroatoms. The molecule has 1 aliphatic heterocycles. The fourth-order valence-electron chi connectivity index (χ4n) is 3.22. The maximum Gasteiger partial charge on any atom is 0.255 e. The number of rotatable bonds is 11. The molecule has 3 rings (SSSR count). The normalized spacial score (nSPS) is 15.8. The number of carbonyl (C=O) groups is 1. The van der Waals surface area contributed by atoms with Crippen LogP contribution in [-0.4, -0.2) is 31.8 Å². The van der Waals surface area contributed by atoms with Crippen LogP contribution in [0.2, 0.25) is 0 Å². The lowest BCUT2D eigenvalue weighted by molar-refractivity contribution is 0.0679. The van der Waals surface area contributed by atoms with E-state index in [1.54, 1.807) is 12.1 Å². The molecule has 2 aromatic carbocycles. The molecule has 0 aliphatic carbocycles. The summed E-state index contributed by atoms with van der Waals surface area (Å²) in [6.07, 6.45) is 7.05. The van der Waals surface area contributed by atoms with E-state index in [9.17, 15) is 4.79 Å². The highest BCUT2D eigenvalue weighted by molar-refractivity contribution is 6.04. The van der Waals surface area contributed by atoms with Gasteiger partial charge in [0.05, 0.1) is 12.7 Å². The quantitative estimate of drug-likeness (QED) is 0.512. The fourth-order valence-corrected chi connectivity index (χ4v) is 3.22. The van der Waals surface area contributed by atoms with Gasteiger partial charge in [0.2, 0.25) is 0 Å². The van der Waals surface area contributed by atoms with E-state index in [4.69, 9.17) is 14.2 Å². The van der Waals surface area contributed by atoms with Crippen LogP contribution >= 0.6 is 0 Å². The lowest BCUT2D eigenvalue weighted by Crippen LogP contribution is -2.16. The molecule has 1 saturated heterocycles. The SMILES string of the molecule is CCCCCCOc1ccc(C(=O)Nc2ccc(OC[C@H]3CCCO3)cc2)cc1. The summed E-state index contributed by atoms with van der Waals surface area (Å²) in [7, 11) is 0. The van der Waals surface area contributed by atoms with Gasteiger partial charge < -0.3 is 19.5 Å². The highest BCUT2D eigenvalue weighted by Crippen LogP contribution is 2.20. The fraction of sp³-hybridized carbons (Fsp3) is 0.458. The third-order valence-electron chi connectivity index (χ3n) is 4.96. The second-order valence-electron chi connectivity index (χ2n) is 7.36. The summed E-state index contributed by atoms with van der Waals surface area (Å²) in [4.78, 5) is 12.4. The number of amides is 1. The molecule has 1 amide bonds. The first-order chi connectivity index (χ1) is 14.2. The summed E-state index contributed by atoms with van der Waals surface area (Å²) < 4.78 is 17.0. The Morgan fingerprint density at radius 1 is 1.00 bits per heavy atom. The Morgan fingerprint density at radius 2 is 1.72 bits per heavy atom. The van der Waals surface area contributed by atoms with Gasteiger partial charge in [0.1, 0.15) is 18.1 Å². The minimum Gasteiger partial charge on any atom is -0.494 e. The van der Waals surface area contributed by atoms with Crippen molar-refractivity contribution in [3.8, 4) is 11.5 Å². The van der Waals surface area contributed by atoms with E-state index in [0.29, 0.717) is 18.8 Å². The third kappa shape index (κ3) is 7.09. The molecule has 0 spiro atoms. The maximum absolute atomic E-state index is 12.4. The zero-order valence-corrected chi connectivity index (χ0v) is 17.2. The topological polar surface area (TPSA) is 56.8 Å². The molecule has 1 fully saturated rings. The van der Waals surface area contributed by atoms with Gasteiger partial charge in [0.15, 0.2) is 0 Å². The average molecular weight is 398 g/mol. The zero-order chi connectivity index (χ0) is 20.3. The summed E-state index contributed by atoms with van der Waals surface area (Å²) in [6, 6.07) is 14.7. The number of ether oxygens (including phenoxy) is 3. The first-order valence-corrected chi connectivity index (χ1v) is 10.6. The minimum atomic E-state index is -0.146. The molecule has 29 heavy (non-hydrogen) atoms. The molecule has 0 bridgehead atoms. The van der Waals surface area contributed by atoms with E-state index in [0.717, 1.165) is 43.1 Å². The standard InChI is InChI=1S/C24H31NO4/c1-2-3-4-5-16-27-21-12-8-19(9-13-21)24(26)25-20-10-14-22(15-11-20)29-18-23-7-6-17-28-23/h8-15,23H,2-7,16-18H2,1H3,(H,25,26)/t23-/m1/s1. The van der Waals surface area contributed by atoms with E-state index in [-0.39, 0.29) is 12.0 Å². The van der Waals surface area contributed by atoms with Crippen molar-refractivity contribution >= 4 is 11.6 Å². The second kappa shape index (κ2) is 11.5. The number of benzene rings is 2. The Hall–Kier alpha value is -2.53. The lowest BCUT2D eigenvalue weighted by atomic mass is 10.2. The number of nitrogens with one attached hydrogen (secondary N) is 1. The molecule has 5 nitrogen and oxygen atoms in total. The molecular weight excluding hydrogens is 366 g/mol. The van der Waals surface area contributed by atoms with Crippen LogP contribution in [-0.2, 0) is 4.74 Å². The van der Waals surface area contributed by atoms with E-state index in [1.807, 2.05) is 36.4 Å². The van der Waals surface area contributed by atoms with Gasteiger partial charge in [0.25, 0.3) is 5.91 Å². The maximum atomic E-state index is 12.4. The molecule has 0 aromatic heterocycles. The smallest absolute Gasteiger partial charge is 0.255 e. The van der Waals surface area contributed by atoms with Crippen molar-refractivity contribution in [1.29, 1.82) is 0 Å². The van der Waals surface area contributed by atoms with Crippen LogP contribution in [0.1, 0.15) is 55.8 Å². The molecule has 1 atom stereocenters. The Labute approximate surface area is 173 Å². The Morgan fingerprint density at radius 3 is 2.41 bits per heavy atom. The number of unbranched alkanes of at least 4 members (excludes halogenated alkanes) is 3. The summed E-state index contributed by atoms with van der Waals surface area (Å²) in [5, 5.41) is 2.91. The first-order valence-electron chi connectivity index (χ1n) is 10.6. The van der Waals surface area contributed by atoms with E-state index >= 15 is 0 Å². The summed E-state index contributed by atoms with van der Waals surface area (Å²) >= 11 is 0. The van der Waals surface area contributed by atoms with Crippen LogP contribution in [0.25, 0.3) is 0 Å². The van der Waals surface area contributed by atoms with Crippen molar-refractivity contribution in [2.45, 2.75) is 51.6 Å². The largest absolute Gasteiger partial charge is 0.494 e. The van der Waals surface area contributed by atoms with E-state index in [2.05, 4.69) is 12.2 Å². The molecule has 0 unspecified atom stereocenters. The molecule has 156 valence electrons. The predicted octanol–water partition coefficient (Wildman–Crippen LogP) is 5.46. The van der Waals surface area contributed by atoms with Gasteiger partial charge >= 0.3 is 0 Å². The van der Waals surface area contributed by atoms with Gasteiger partial charge in [-0.2, -0.15) is 0 Å². The summed E-state index contributed by atoms with van der Waals surface area (Å²) in [6.45, 7) is 4.30. The molecule has 0 radical (unpaired) electrons. The lowest BCUT2D eigenvalue weighted by Gasteiger charge is -2.12. The van der Waals surface area contributed by atoms with Crippen LogP contribution in [0.5, 0.6) is 11.5 Å². The Kier molecular flexibility index (Phi) is 8.38. The number of carbonyl (C=O) groups excluding carboxylic acids is 1. The number of hydrogen-bond donors (Lipinski definition) is 1. The van der Waals surface area contributed by atoms with Gasteiger partial charge in [0, 0.05) is 17.9 Å². The van der Waals surface area contributed by atoms with Crippen LogP contribution in [0.4, 0.5) is 5.69 Å². The van der Waals surface area contributed by atoms with Crippen molar-refractivity contribution in [2.75, 3.05) is 25.1 Å². The second-order valence-corrected chi connectivity index (χ2v) is 7.36. The number of hydrogen-bond acceptors (Lipinski definition) is 4. The summed E-state index contributed by atoms with van der Waals surface area (Å²) in [5.41, 5.74) is 1.33. The number of anilines is 1. The zero-order valence-electron chi connectivity index (χ0n) is 17.2. The van der Waals surface area contributed by atoms with Crippen molar-refractivity contribution in [3.63, 3.8) is 0 Å². The summed E-state index contributed by atoms with van der Waals surface area (Å²) in [5.74, 6) is 1.43. The highest BCUT2D eigenvalue weighted by Gasteiger charge is 2.16. The molecule has 1 heterocycles. The molecule has 1 aliphatic rings. The van der Waals surface area contributed by atoms with Crippen molar-refractivity contribution in [1.82, 2.24) is 0 Å². The van der Waals surface area contributed by atoms with Gasteiger partial charge in [-0.25, -0.2) is 0 Å². The van der Waals surface area contributed by atoms with Crippen molar-refractivity contribution in [3.05, 3.63) is 54.1 Å². The van der Waals surface area contributed by atoms with Crippen molar-refractivity contribution < 1.29 is 19.0 Å². The first kappa shape index (κ1) is 21.2. The monoisotopic (exact) mass is 397 g/mol. The van der Waals surface area contributed by atoms with Crippen molar-refractivity contribution in [2.24, 2.45) is 0 Å². The minimum absolute atomic E-state index is 0.146. The van der Waals surface area contributed by atoms with Gasteiger partial charge in [-0.1, -0.05) is 26.2 Å². The van der Waals surface area contributed by atoms with Gasteiger partial charge in [-0.05, 0) is 67.8 Å². The predicted molar refractivity (Wildman–Crippen MR) is 115 cm³/mol. The van der Waals surface area contributed by atoms with Crippen LogP contribution in [0.15, 0.2) is 48.5 Å². The van der Waals surface area contributed by atoms with Crippen LogP contribution in [0, 0.1) is 0 Å². The third-order valence-corrected chi connectivity index (χ3v) is 4.96. The molecule has 0 saturated carbocycles. The average Bonchev–Trinajstić information content (AvgIpc) is 3.27. The molecule has 2 aromatic rings. The van der Waals surface area contributed by atoms with Crippen LogP contribution < -0.4 is 14.8 Å². The Balaban J connectivity index is 1.43. The molecule has 1 N–H and O–H groups in total. The van der Waals surface area contributed by atoms with Gasteiger partial charge in [-0.3, -0.25) is 4.79 Å².